The molecule has 0 unspecified atom stereocenters. The van der Waals surface area contributed by atoms with Crippen LogP contribution in [0.5, 0.6) is 0 Å². The molecule has 3 rings (SSSR count). The monoisotopic (exact) mass is 314 g/mol. The van der Waals surface area contributed by atoms with Crippen LogP contribution in [0.3, 0.4) is 0 Å². The van der Waals surface area contributed by atoms with Crippen molar-refractivity contribution in [1.29, 1.82) is 0 Å². The van der Waals surface area contributed by atoms with Crippen LogP contribution >= 0.6 is 11.9 Å². The molecule has 2 aliphatic rings. The molecule has 2 fully saturated rings. The molecule has 118 valence electrons. The molecule has 2 heterocycles. The van der Waals surface area contributed by atoms with E-state index in [0.717, 1.165) is 18.4 Å². The van der Waals surface area contributed by atoms with Crippen molar-refractivity contribution < 1.29 is 0 Å². The summed E-state index contributed by atoms with van der Waals surface area (Å²) in [5, 5.41) is 0. The van der Waals surface area contributed by atoms with Crippen LogP contribution in [0.25, 0.3) is 0 Å². The number of hydrogen-bond acceptors (Lipinski definition) is 3. The van der Waals surface area contributed by atoms with E-state index in [1.54, 1.807) is 0 Å². The van der Waals surface area contributed by atoms with Crippen molar-refractivity contribution in [3.63, 3.8) is 0 Å². The van der Waals surface area contributed by atoms with Crippen molar-refractivity contribution >= 4 is 11.9 Å². The van der Waals surface area contributed by atoms with Crippen LogP contribution in [0.4, 0.5) is 0 Å². The van der Waals surface area contributed by atoms with Gasteiger partial charge in [0.05, 0.1) is 0 Å². The van der Waals surface area contributed by atoms with Gasteiger partial charge in [0.15, 0.2) is 0 Å². The van der Waals surface area contributed by atoms with E-state index in [4.69, 9.17) is 6.42 Å². The molecule has 0 aromatic heterocycles. The SMILES string of the molecule is C#CCC1CCN(C2CCN(Sc3ccccc3)CC2)CC1. The van der Waals surface area contributed by atoms with E-state index in [0.29, 0.717) is 0 Å². The first-order chi connectivity index (χ1) is 10.8. The van der Waals surface area contributed by atoms with Gasteiger partial charge in [-0.15, -0.1) is 12.3 Å². The predicted octanol–water partition coefficient (Wildman–Crippen LogP) is 3.89. The third-order valence-electron chi connectivity index (χ3n) is 4.97. The molecule has 0 radical (unpaired) electrons. The molecule has 0 atom stereocenters. The number of piperidine rings is 2. The molecule has 2 saturated heterocycles. The van der Waals surface area contributed by atoms with E-state index in [1.165, 1.54) is 56.8 Å². The maximum absolute atomic E-state index is 5.44. The number of rotatable bonds is 4. The van der Waals surface area contributed by atoms with Gasteiger partial charge in [0.25, 0.3) is 0 Å². The lowest BCUT2D eigenvalue weighted by Gasteiger charge is -2.41. The van der Waals surface area contributed by atoms with Gasteiger partial charge in [-0.1, -0.05) is 18.2 Å². The Morgan fingerprint density at radius 3 is 2.32 bits per heavy atom. The highest BCUT2D eigenvalue weighted by atomic mass is 32.2. The van der Waals surface area contributed by atoms with Gasteiger partial charge in [-0.25, -0.2) is 4.31 Å². The maximum atomic E-state index is 5.44. The molecule has 1 aromatic rings. The van der Waals surface area contributed by atoms with Crippen molar-refractivity contribution in [2.45, 2.75) is 43.0 Å². The van der Waals surface area contributed by atoms with Crippen molar-refractivity contribution in [3.8, 4) is 12.3 Å². The molecule has 0 saturated carbocycles. The van der Waals surface area contributed by atoms with Gasteiger partial charge < -0.3 is 4.90 Å². The van der Waals surface area contributed by atoms with Gasteiger partial charge in [-0.2, -0.15) is 0 Å². The molecular weight excluding hydrogens is 288 g/mol. The van der Waals surface area contributed by atoms with E-state index >= 15 is 0 Å². The van der Waals surface area contributed by atoms with Gasteiger partial charge in [-0.05, 0) is 68.8 Å². The zero-order valence-electron chi connectivity index (χ0n) is 13.3. The summed E-state index contributed by atoms with van der Waals surface area (Å²) in [7, 11) is 0. The minimum atomic E-state index is 0.773. The van der Waals surface area contributed by atoms with E-state index in [-0.39, 0.29) is 0 Å². The third-order valence-corrected chi connectivity index (χ3v) is 6.08. The maximum Gasteiger partial charge on any atom is 0.0230 e. The van der Waals surface area contributed by atoms with Crippen molar-refractivity contribution in [2.75, 3.05) is 26.2 Å². The lowest BCUT2D eigenvalue weighted by atomic mass is 9.92. The van der Waals surface area contributed by atoms with Crippen LogP contribution in [-0.2, 0) is 0 Å². The van der Waals surface area contributed by atoms with Crippen molar-refractivity contribution in [3.05, 3.63) is 30.3 Å². The Morgan fingerprint density at radius 1 is 1.00 bits per heavy atom. The summed E-state index contributed by atoms with van der Waals surface area (Å²) in [6.45, 7) is 4.91. The Hall–Kier alpha value is -0.950. The third kappa shape index (κ3) is 4.29. The average molecular weight is 314 g/mol. The van der Waals surface area contributed by atoms with E-state index in [1.807, 2.05) is 11.9 Å². The molecule has 0 aliphatic carbocycles. The Kier molecular flexibility index (Phi) is 5.83. The van der Waals surface area contributed by atoms with Crippen LogP contribution in [0.2, 0.25) is 0 Å². The zero-order chi connectivity index (χ0) is 15.2. The second kappa shape index (κ2) is 8.06. The fourth-order valence-electron chi connectivity index (χ4n) is 3.62. The topological polar surface area (TPSA) is 6.48 Å². The number of nitrogens with zero attached hydrogens (tertiary/aromatic N) is 2. The Bertz CT molecular complexity index is 480. The first-order valence-corrected chi connectivity index (χ1v) is 9.28. The number of terminal acetylenes is 1. The van der Waals surface area contributed by atoms with Gasteiger partial charge in [0, 0.05) is 30.4 Å². The van der Waals surface area contributed by atoms with Gasteiger partial charge >= 0.3 is 0 Å². The number of likely N-dealkylation sites (tertiary alicyclic amines) is 1. The van der Waals surface area contributed by atoms with E-state index in [9.17, 15) is 0 Å². The summed E-state index contributed by atoms with van der Waals surface area (Å²) in [5.74, 6) is 3.61. The Balaban J connectivity index is 1.42. The molecule has 22 heavy (non-hydrogen) atoms. The standard InChI is InChI=1S/C19H26N2S/c1-2-6-17-9-13-20(14-10-17)18-11-15-21(16-12-18)22-19-7-4-3-5-8-19/h1,3-5,7-8,17-18H,6,9-16H2. The normalized spacial score (nSPS) is 22.5. The largest absolute Gasteiger partial charge is 0.300 e. The molecular formula is C19H26N2S. The predicted molar refractivity (Wildman–Crippen MR) is 94.6 cm³/mol. The summed E-state index contributed by atoms with van der Waals surface area (Å²) < 4.78 is 2.52. The highest BCUT2D eigenvalue weighted by molar-refractivity contribution is 7.97. The average Bonchev–Trinajstić information content (AvgIpc) is 2.58. The Labute approximate surface area is 139 Å². The summed E-state index contributed by atoms with van der Waals surface area (Å²) in [4.78, 5) is 4.08. The molecule has 2 aliphatic heterocycles. The van der Waals surface area contributed by atoms with Crippen molar-refractivity contribution in [1.82, 2.24) is 9.21 Å². The van der Waals surface area contributed by atoms with Crippen LogP contribution in [0.15, 0.2) is 35.2 Å². The highest BCUT2D eigenvalue weighted by Gasteiger charge is 2.28. The van der Waals surface area contributed by atoms with Crippen LogP contribution in [-0.4, -0.2) is 41.4 Å². The van der Waals surface area contributed by atoms with Gasteiger partial charge in [0.2, 0.25) is 0 Å². The number of benzene rings is 1. The minimum absolute atomic E-state index is 0.773. The van der Waals surface area contributed by atoms with Crippen LogP contribution in [0.1, 0.15) is 32.1 Å². The smallest absolute Gasteiger partial charge is 0.0230 e. The van der Waals surface area contributed by atoms with Crippen LogP contribution in [0, 0.1) is 18.3 Å². The molecule has 0 N–H and O–H groups in total. The fraction of sp³-hybridized carbons (Fsp3) is 0.579. The molecule has 1 aromatic carbocycles. The van der Waals surface area contributed by atoms with Gasteiger partial charge in [0.1, 0.15) is 0 Å². The second-order valence-corrected chi connectivity index (χ2v) is 7.62. The summed E-state index contributed by atoms with van der Waals surface area (Å²) in [5.41, 5.74) is 0. The first-order valence-electron chi connectivity index (χ1n) is 8.50. The molecule has 2 nitrogen and oxygen atoms in total. The van der Waals surface area contributed by atoms with E-state index < -0.39 is 0 Å². The summed E-state index contributed by atoms with van der Waals surface area (Å²) in [6.07, 6.45) is 11.6. The lowest BCUT2D eigenvalue weighted by Crippen LogP contribution is -2.46. The second-order valence-electron chi connectivity index (χ2n) is 6.45. The zero-order valence-corrected chi connectivity index (χ0v) is 14.1. The highest BCUT2D eigenvalue weighted by Crippen LogP contribution is 2.29. The Morgan fingerprint density at radius 2 is 1.68 bits per heavy atom. The quantitative estimate of drug-likeness (QED) is 0.615. The van der Waals surface area contributed by atoms with Crippen molar-refractivity contribution in [2.24, 2.45) is 5.92 Å². The first kappa shape index (κ1) is 15.9. The minimum Gasteiger partial charge on any atom is -0.300 e. The summed E-state index contributed by atoms with van der Waals surface area (Å²) >= 11 is 1.91. The molecule has 0 amide bonds. The van der Waals surface area contributed by atoms with Gasteiger partial charge in [-0.3, -0.25) is 0 Å². The molecule has 3 heteroatoms. The molecule has 0 spiro atoms. The van der Waals surface area contributed by atoms with E-state index in [2.05, 4.69) is 45.5 Å². The molecule has 0 bridgehead atoms. The lowest BCUT2D eigenvalue weighted by molar-refractivity contribution is 0.1000. The summed E-state index contributed by atoms with van der Waals surface area (Å²) in [6, 6.07) is 11.5. The fourth-order valence-corrected chi connectivity index (χ4v) is 4.59. The number of hydrogen-bond donors (Lipinski definition) is 0. The van der Waals surface area contributed by atoms with Crippen LogP contribution < -0.4 is 0 Å².